The highest BCUT2D eigenvalue weighted by Crippen LogP contribution is 2.35. The van der Waals surface area contributed by atoms with E-state index in [0.717, 1.165) is 47.3 Å². The highest BCUT2D eigenvalue weighted by atomic mass is 16.6. The van der Waals surface area contributed by atoms with Gasteiger partial charge in [-0.05, 0) is 0 Å². The number of ether oxygens (including phenoxy) is 2. The van der Waals surface area contributed by atoms with Gasteiger partial charge >= 0.3 is 24.0 Å². The highest BCUT2D eigenvalue weighted by Gasteiger charge is 2.62. The number of carbonyl (C=O) groups excluding carboxylic acids is 6. The normalized spacial score (nSPS) is 21.8. The van der Waals surface area contributed by atoms with Crippen molar-refractivity contribution >= 4 is 35.8 Å². The summed E-state index contributed by atoms with van der Waals surface area (Å²) in [6, 6.07) is -1.69. The van der Waals surface area contributed by atoms with Crippen molar-refractivity contribution in [3.63, 3.8) is 0 Å². The van der Waals surface area contributed by atoms with E-state index in [1.165, 1.54) is 0 Å². The molecule has 0 aliphatic carbocycles. The quantitative estimate of drug-likeness (QED) is 0.590. The van der Waals surface area contributed by atoms with Gasteiger partial charge in [-0.2, -0.15) is 0 Å². The van der Waals surface area contributed by atoms with Gasteiger partial charge in [-0.15, -0.1) is 0 Å². The van der Waals surface area contributed by atoms with E-state index in [4.69, 9.17) is 9.47 Å². The van der Waals surface area contributed by atoms with Crippen LogP contribution in [0.4, 0.5) is 9.59 Å². The highest BCUT2D eigenvalue weighted by molar-refractivity contribution is 6.05. The second-order valence-corrected chi connectivity index (χ2v) is 5.64. The standard InChI is InChI=1S/C14H18N4O8/c1-7(19)17-11-12(18(8(2)20)14(17)24)16(6-26-10(4)22)13(23)15(11)5-25-9(3)21/h11-12H,5-6H2,1-4H3. The first kappa shape index (κ1) is 19.1. The van der Waals surface area contributed by atoms with Crippen LogP contribution in [-0.4, -0.2) is 81.2 Å². The van der Waals surface area contributed by atoms with E-state index < -0.39 is 61.6 Å². The maximum Gasteiger partial charge on any atom is 0.337 e. The first-order valence-corrected chi connectivity index (χ1v) is 7.55. The van der Waals surface area contributed by atoms with E-state index in [0.29, 0.717) is 0 Å². The number of urea groups is 2. The Bertz CT molecular complexity index is 638. The fourth-order valence-corrected chi connectivity index (χ4v) is 2.83. The summed E-state index contributed by atoms with van der Waals surface area (Å²) in [4.78, 5) is 74.6. The van der Waals surface area contributed by atoms with Gasteiger partial charge in [0.15, 0.2) is 25.8 Å². The van der Waals surface area contributed by atoms with E-state index in [9.17, 15) is 28.8 Å². The topological polar surface area (TPSA) is 134 Å². The molecule has 0 aromatic heterocycles. The average molecular weight is 370 g/mol. The smallest absolute Gasteiger partial charge is 0.337 e. The predicted octanol–water partition coefficient (Wildman–Crippen LogP) is -0.752. The Morgan fingerprint density at radius 1 is 0.731 bits per heavy atom. The molecule has 0 saturated carbocycles. The first-order chi connectivity index (χ1) is 12.1. The minimum atomic E-state index is -1.22. The Morgan fingerprint density at radius 2 is 1.08 bits per heavy atom. The first-order valence-electron chi connectivity index (χ1n) is 7.55. The molecule has 2 saturated heterocycles. The summed E-state index contributed by atoms with van der Waals surface area (Å²) in [6.45, 7) is 3.35. The second kappa shape index (κ2) is 6.98. The molecule has 0 aromatic rings. The molecule has 6 amide bonds. The van der Waals surface area contributed by atoms with Gasteiger partial charge in [0.2, 0.25) is 11.8 Å². The van der Waals surface area contributed by atoms with Crippen LogP contribution in [0, 0.1) is 0 Å². The Morgan fingerprint density at radius 3 is 1.35 bits per heavy atom. The van der Waals surface area contributed by atoms with E-state index in [2.05, 4.69) is 0 Å². The zero-order valence-corrected chi connectivity index (χ0v) is 14.6. The van der Waals surface area contributed by atoms with Crippen LogP contribution >= 0.6 is 0 Å². The molecule has 2 aliphatic heterocycles. The summed E-state index contributed by atoms with van der Waals surface area (Å²) in [5.74, 6) is -2.78. The summed E-state index contributed by atoms with van der Waals surface area (Å²) >= 11 is 0. The Kier molecular flexibility index (Phi) is 5.14. The van der Waals surface area contributed by atoms with Crippen LogP contribution in [0.3, 0.4) is 0 Å². The van der Waals surface area contributed by atoms with Gasteiger partial charge in [-0.1, -0.05) is 0 Å². The van der Waals surface area contributed by atoms with Gasteiger partial charge in [0.05, 0.1) is 0 Å². The molecule has 0 radical (unpaired) electrons. The van der Waals surface area contributed by atoms with Crippen LogP contribution in [0.5, 0.6) is 0 Å². The molecule has 2 fully saturated rings. The van der Waals surface area contributed by atoms with E-state index >= 15 is 0 Å². The third-order valence-electron chi connectivity index (χ3n) is 3.83. The monoisotopic (exact) mass is 370 g/mol. The van der Waals surface area contributed by atoms with Crippen LogP contribution < -0.4 is 0 Å². The van der Waals surface area contributed by atoms with Crippen molar-refractivity contribution in [3.8, 4) is 0 Å². The number of amides is 6. The molecule has 2 atom stereocenters. The SMILES string of the molecule is CC(=O)OCN1C(=O)N(COC(C)=O)C2C1N(C(C)=O)C(=O)N2C(C)=O. The lowest BCUT2D eigenvalue weighted by atomic mass is 10.3. The lowest BCUT2D eigenvalue weighted by Gasteiger charge is -2.26. The van der Waals surface area contributed by atoms with Crippen LogP contribution in [-0.2, 0) is 28.7 Å². The Labute approximate surface area is 148 Å². The number of esters is 2. The van der Waals surface area contributed by atoms with E-state index in [1.807, 2.05) is 0 Å². The molecule has 2 heterocycles. The zero-order chi connectivity index (χ0) is 19.8. The summed E-state index contributed by atoms with van der Waals surface area (Å²) < 4.78 is 9.63. The molecule has 0 bridgehead atoms. The molecule has 2 aliphatic rings. The minimum Gasteiger partial charge on any atom is -0.444 e. The Balaban J connectivity index is 2.46. The van der Waals surface area contributed by atoms with E-state index in [-0.39, 0.29) is 0 Å². The zero-order valence-electron chi connectivity index (χ0n) is 14.6. The molecule has 0 aromatic carbocycles. The largest absolute Gasteiger partial charge is 0.444 e. The number of rotatable bonds is 4. The molecule has 0 N–H and O–H groups in total. The van der Waals surface area contributed by atoms with E-state index in [1.54, 1.807) is 0 Å². The van der Waals surface area contributed by atoms with Gasteiger partial charge in [0, 0.05) is 27.7 Å². The molecule has 0 spiro atoms. The van der Waals surface area contributed by atoms with Crippen LogP contribution in [0.15, 0.2) is 0 Å². The minimum absolute atomic E-state index is 0.547. The third-order valence-corrected chi connectivity index (χ3v) is 3.83. The molecule has 2 unspecified atom stereocenters. The number of imide groups is 2. The maximum atomic E-state index is 12.7. The molecule has 142 valence electrons. The molecular formula is C14H18N4O8. The number of carbonyl (C=O) groups is 6. The molecule has 12 nitrogen and oxygen atoms in total. The van der Waals surface area contributed by atoms with Gasteiger partial charge in [-0.3, -0.25) is 29.0 Å². The fourth-order valence-electron chi connectivity index (χ4n) is 2.83. The molecule has 2 rings (SSSR count). The summed E-state index contributed by atoms with van der Waals surface area (Å²) in [7, 11) is 0. The Hall–Kier alpha value is -3.18. The van der Waals surface area contributed by atoms with Crippen molar-refractivity contribution in [2.45, 2.75) is 40.0 Å². The van der Waals surface area contributed by atoms with Crippen molar-refractivity contribution in [3.05, 3.63) is 0 Å². The van der Waals surface area contributed by atoms with Crippen molar-refractivity contribution in [1.82, 2.24) is 19.6 Å². The summed E-state index contributed by atoms with van der Waals surface area (Å²) in [6.07, 6.45) is -2.43. The third kappa shape index (κ3) is 3.17. The van der Waals surface area contributed by atoms with Crippen molar-refractivity contribution in [2.24, 2.45) is 0 Å². The predicted molar refractivity (Wildman–Crippen MR) is 80.4 cm³/mol. The van der Waals surface area contributed by atoms with Crippen LogP contribution in [0.2, 0.25) is 0 Å². The summed E-state index contributed by atoms with van der Waals surface area (Å²) in [5, 5.41) is 0. The van der Waals surface area contributed by atoms with Crippen LogP contribution in [0.25, 0.3) is 0 Å². The van der Waals surface area contributed by atoms with Crippen molar-refractivity contribution in [2.75, 3.05) is 13.5 Å². The summed E-state index contributed by atoms with van der Waals surface area (Å²) in [5.41, 5.74) is 0. The lowest BCUT2D eigenvalue weighted by Crippen LogP contribution is -2.50. The molecule has 12 heteroatoms. The van der Waals surface area contributed by atoms with Gasteiger partial charge < -0.3 is 9.47 Å². The maximum absolute atomic E-state index is 12.7. The van der Waals surface area contributed by atoms with Gasteiger partial charge in [0.25, 0.3) is 0 Å². The average Bonchev–Trinajstić information content (AvgIpc) is 2.93. The molecular weight excluding hydrogens is 352 g/mol. The lowest BCUT2D eigenvalue weighted by molar-refractivity contribution is -0.148. The van der Waals surface area contributed by atoms with Crippen LogP contribution in [0.1, 0.15) is 27.7 Å². The van der Waals surface area contributed by atoms with Gasteiger partial charge in [-0.25, -0.2) is 19.4 Å². The second-order valence-electron chi connectivity index (χ2n) is 5.64. The van der Waals surface area contributed by atoms with Crippen molar-refractivity contribution in [1.29, 1.82) is 0 Å². The number of hydrogen-bond donors (Lipinski definition) is 0. The molecule has 26 heavy (non-hydrogen) atoms. The number of nitrogens with zero attached hydrogens (tertiary/aromatic N) is 4. The van der Waals surface area contributed by atoms with Gasteiger partial charge in [0.1, 0.15) is 0 Å². The number of hydrogen-bond acceptors (Lipinski definition) is 8. The fraction of sp³-hybridized carbons (Fsp3) is 0.571. The number of fused-ring (bicyclic) bond motifs is 1. The van der Waals surface area contributed by atoms with Crippen molar-refractivity contribution < 1.29 is 38.2 Å².